The fourth-order valence-corrected chi connectivity index (χ4v) is 5.29. The Hall–Kier alpha value is -3.21. The predicted octanol–water partition coefficient (Wildman–Crippen LogP) is 5.64. The Morgan fingerprint density at radius 2 is 1.74 bits per heavy atom. The Bertz CT molecular complexity index is 1200. The summed E-state index contributed by atoms with van der Waals surface area (Å²) in [6.45, 7) is 3.92. The van der Waals surface area contributed by atoms with E-state index in [9.17, 15) is 4.79 Å². The number of fused-ring (bicyclic) bond motifs is 1. The Balaban J connectivity index is 1.57. The lowest BCUT2D eigenvalue weighted by molar-refractivity contribution is -0.104. The molecule has 4 heteroatoms. The normalized spacial score (nSPS) is 20.7. The summed E-state index contributed by atoms with van der Waals surface area (Å²) in [5.74, 6) is 0.701. The van der Waals surface area contributed by atoms with Crippen molar-refractivity contribution in [3.63, 3.8) is 0 Å². The van der Waals surface area contributed by atoms with Crippen LogP contribution in [0, 0.1) is 0 Å². The molecule has 1 aliphatic heterocycles. The van der Waals surface area contributed by atoms with Gasteiger partial charge in [-0.3, -0.25) is 4.79 Å². The third-order valence-electron chi connectivity index (χ3n) is 7.02. The van der Waals surface area contributed by atoms with Crippen molar-refractivity contribution in [2.24, 2.45) is 0 Å². The van der Waals surface area contributed by atoms with Gasteiger partial charge in [0.05, 0.1) is 19.8 Å². The van der Waals surface area contributed by atoms with Gasteiger partial charge in [0.25, 0.3) is 0 Å². The van der Waals surface area contributed by atoms with Crippen molar-refractivity contribution in [3.8, 4) is 5.75 Å². The predicted molar refractivity (Wildman–Crippen MR) is 137 cm³/mol. The highest BCUT2D eigenvalue weighted by Crippen LogP contribution is 2.44. The van der Waals surface area contributed by atoms with E-state index in [1.807, 2.05) is 30.3 Å². The van der Waals surface area contributed by atoms with Gasteiger partial charge in [-0.2, -0.15) is 0 Å². The highest BCUT2D eigenvalue weighted by molar-refractivity contribution is 5.97. The lowest BCUT2D eigenvalue weighted by Crippen LogP contribution is -2.30. The van der Waals surface area contributed by atoms with Crippen LogP contribution < -0.4 is 4.74 Å². The third kappa shape index (κ3) is 4.56. The fourth-order valence-electron chi connectivity index (χ4n) is 5.29. The van der Waals surface area contributed by atoms with Crippen LogP contribution in [0.2, 0.25) is 0 Å². The first-order valence-electron chi connectivity index (χ1n) is 12.1. The van der Waals surface area contributed by atoms with Gasteiger partial charge in [0.2, 0.25) is 0 Å². The molecule has 0 bridgehead atoms. The smallest absolute Gasteiger partial charge is 0.150 e. The molecule has 0 saturated carbocycles. The van der Waals surface area contributed by atoms with E-state index >= 15 is 0 Å². The first-order chi connectivity index (χ1) is 16.8. The summed E-state index contributed by atoms with van der Waals surface area (Å²) >= 11 is 0. The summed E-state index contributed by atoms with van der Waals surface area (Å²) in [6.07, 6.45) is 7.34. The number of benzene rings is 3. The monoisotopic (exact) mass is 453 g/mol. The third-order valence-corrected chi connectivity index (χ3v) is 7.02. The minimum absolute atomic E-state index is 0.0942. The highest BCUT2D eigenvalue weighted by Gasteiger charge is 2.33. The van der Waals surface area contributed by atoms with Crippen molar-refractivity contribution in [2.75, 3.05) is 33.4 Å². The maximum Gasteiger partial charge on any atom is 0.150 e. The average Bonchev–Trinajstić information content (AvgIpc) is 3.42. The Kier molecular flexibility index (Phi) is 6.89. The molecule has 0 spiro atoms. The Labute approximate surface area is 201 Å². The summed E-state index contributed by atoms with van der Waals surface area (Å²) in [5.41, 5.74) is 3.89. The second kappa shape index (κ2) is 10.4. The lowest BCUT2D eigenvalue weighted by atomic mass is 9.76. The molecule has 2 unspecified atom stereocenters. The van der Waals surface area contributed by atoms with Gasteiger partial charge in [0.15, 0.2) is 0 Å². The molecule has 174 valence electrons. The van der Waals surface area contributed by atoms with E-state index in [1.54, 1.807) is 7.11 Å². The van der Waals surface area contributed by atoms with E-state index in [-0.39, 0.29) is 12.0 Å². The fraction of sp³-hybridized carbons (Fsp3) is 0.300. The van der Waals surface area contributed by atoms with Crippen molar-refractivity contribution < 1.29 is 14.3 Å². The number of hydrogen-bond donors (Lipinski definition) is 0. The number of ether oxygens (including phenoxy) is 2. The van der Waals surface area contributed by atoms with Crippen LogP contribution in [-0.4, -0.2) is 50.6 Å². The molecule has 0 N–H and O–H groups in total. The Morgan fingerprint density at radius 3 is 2.50 bits per heavy atom. The van der Waals surface area contributed by atoms with E-state index in [0.717, 1.165) is 42.8 Å². The van der Waals surface area contributed by atoms with Crippen molar-refractivity contribution >= 4 is 22.6 Å². The number of carbonyl (C=O) groups is 1. The van der Waals surface area contributed by atoms with Gasteiger partial charge in [0.1, 0.15) is 12.0 Å². The minimum atomic E-state index is -0.158. The van der Waals surface area contributed by atoms with Crippen LogP contribution in [0.25, 0.3) is 16.3 Å². The molecule has 2 atom stereocenters. The van der Waals surface area contributed by atoms with Gasteiger partial charge in [-0.05, 0) is 65.5 Å². The van der Waals surface area contributed by atoms with E-state index in [1.165, 1.54) is 29.2 Å². The molecule has 0 amide bonds. The van der Waals surface area contributed by atoms with E-state index in [4.69, 9.17) is 9.47 Å². The van der Waals surface area contributed by atoms with Crippen LogP contribution >= 0.6 is 0 Å². The summed E-state index contributed by atoms with van der Waals surface area (Å²) in [4.78, 5) is 14.7. The zero-order valence-electron chi connectivity index (χ0n) is 19.7. The maximum atomic E-state index is 12.2. The van der Waals surface area contributed by atoms with Gasteiger partial charge < -0.3 is 14.4 Å². The van der Waals surface area contributed by atoms with Crippen LogP contribution in [0.1, 0.15) is 29.9 Å². The zero-order chi connectivity index (χ0) is 23.3. The van der Waals surface area contributed by atoms with E-state index in [0.29, 0.717) is 12.2 Å². The molecule has 0 aromatic heterocycles. The number of likely N-dealkylation sites (tertiary alicyclic amines) is 1. The maximum absolute atomic E-state index is 12.2. The Morgan fingerprint density at radius 1 is 0.971 bits per heavy atom. The summed E-state index contributed by atoms with van der Waals surface area (Å²) in [7, 11) is 1.66. The number of allylic oxidation sites excluding steroid dienone is 2. The molecule has 3 aromatic rings. The molecule has 3 aromatic carbocycles. The zero-order valence-corrected chi connectivity index (χ0v) is 19.7. The van der Waals surface area contributed by atoms with Gasteiger partial charge >= 0.3 is 0 Å². The number of carbonyl (C=O) groups excluding carboxylic acids is 1. The molecule has 5 rings (SSSR count). The molecule has 1 heterocycles. The molecule has 2 aliphatic rings. The number of rotatable bonds is 8. The van der Waals surface area contributed by atoms with Gasteiger partial charge in [-0.1, -0.05) is 66.7 Å². The second-order valence-electron chi connectivity index (χ2n) is 9.00. The minimum Gasteiger partial charge on any atom is -0.497 e. The van der Waals surface area contributed by atoms with Crippen LogP contribution in [0.3, 0.4) is 0 Å². The summed E-state index contributed by atoms with van der Waals surface area (Å²) in [6, 6.07) is 22.8. The summed E-state index contributed by atoms with van der Waals surface area (Å²) in [5, 5.41) is 2.38. The van der Waals surface area contributed by atoms with Crippen LogP contribution in [0.5, 0.6) is 5.75 Å². The highest BCUT2D eigenvalue weighted by atomic mass is 16.5. The van der Waals surface area contributed by atoms with Gasteiger partial charge in [-0.15, -0.1) is 0 Å². The topological polar surface area (TPSA) is 38.8 Å². The first-order valence-corrected chi connectivity index (χ1v) is 12.1. The molecule has 1 saturated heterocycles. The molecule has 1 fully saturated rings. The SMILES string of the molecule is COc1ccc(C2=C(C=O)C=CC(OCCN3CCCC3)C2c2cccc3ccccc23)cc1. The van der Waals surface area contributed by atoms with Crippen molar-refractivity contribution in [3.05, 3.63) is 95.6 Å². The van der Waals surface area contributed by atoms with Crippen LogP contribution in [0.15, 0.2) is 84.5 Å². The summed E-state index contributed by atoms with van der Waals surface area (Å²) < 4.78 is 11.9. The number of aldehydes is 1. The molecule has 1 aliphatic carbocycles. The van der Waals surface area contributed by atoms with Gasteiger partial charge in [0, 0.05) is 18.0 Å². The van der Waals surface area contributed by atoms with Gasteiger partial charge in [-0.25, -0.2) is 0 Å². The molecular formula is C30H31NO3. The largest absolute Gasteiger partial charge is 0.497 e. The van der Waals surface area contributed by atoms with E-state index < -0.39 is 0 Å². The molecule has 0 radical (unpaired) electrons. The number of nitrogens with zero attached hydrogens (tertiary/aromatic N) is 1. The molecule has 34 heavy (non-hydrogen) atoms. The van der Waals surface area contributed by atoms with Crippen LogP contribution in [0.4, 0.5) is 0 Å². The van der Waals surface area contributed by atoms with Crippen LogP contribution in [-0.2, 0) is 9.53 Å². The van der Waals surface area contributed by atoms with Crippen molar-refractivity contribution in [1.82, 2.24) is 4.90 Å². The van der Waals surface area contributed by atoms with Crippen molar-refractivity contribution in [2.45, 2.75) is 24.9 Å². The molecule has 4 nitrogen and oxygen atoms in total. The lowest BCUT2D eigenvalue weighted by Gasteiger charge is -2.33. The van der Waals surface area contributed by atoms with E-state index in [2.05, 4.69) is 53.4 Å². The quantitative estimate of drug-likeness (QED) is 0.414. The molecular weight excluding hydrogens is 422 g/mol. The number of hydrogen-bond acceptors (Lipinski definition) is 4. The number of methoxy groups -OCH3 is 1. The standard InChI is InChI=1S/C30H31NO3/c1-33-25-14-11-23(12-15-25)29-24(21-32)13-16-28(34-20-19-31-17-4-5-18-31)30(29)27-10-6-8-22-7-2-3-9-26(22)27/h2-3,6-16,21,28,30H,4-5,17-20H2,1H3. The second-order valence-corrected chi connectivity index (χ2v) is 9.00. The first kappa shape index (κ1) is 22.6. The average molecular weight is 454 g/mol. The van der Waals surface area contributed by atoms with Crippen molar-refractivity contribution in [1.29, 1.82) is 0 Å².